The molecule has 0 aliphatic carbocycles. The van der Waals surface area contributed by atoms with Gasteiger partial charge >= 0.3 is 0 Å². The Bertz CT molecular complexity index is 974. The molecule has 2 aromatic carbocycles. The molecule has 3 aromatic rings. The van der Waals surface area contributed by atoms with Gasteiger partial charge in [-0.25, -0.2) is 9.37 Å². The maximum atomic E-state index is 13.6. The number of fused-ring (bicyclic) bond motifs is 1. The van der Waals surface area contributed by atoms with E-state index in [1.165, 1.54) is 23.5 Å². The summed E-state index contributed by atoms with van der Waals surface area (Å²) in [6.45, 7) is 3.90. The number of likely N-dealkylation sites (N-methyl/N-ethyl adjacent to an activating group) is 1. The Balaban J connectivity index is 1.89. The van der Waals surface area contributed by atoms with Crippen molar-refractivity contribution in [3.63, 3.8) is 0 Å². The summed E-state index contributed by atoms with van der Waals surface area (Å²) in [5.74, 6) is 0.228. The summed E-state index contributed by atoms with van der Waals surface area (Å²) in [4.78, 5) is 21.6. The van der Waals surface area contributed by atoms with Gasteiger partial charge in [0.05, 0.1) is 16.8 Å². The number of rotatable bonds is 9. The van der Waals surface area contributed by atoms with Crippen molar-refractivity contribution in [1.29, 1.82) is 0 Å². The maximum Gasteiger partial charge on any atom is 0.260 e. The number of aromatic nitrogens is 1. The lowest BCUT2D eigenvalue weighted by Crippen LogP contribution is -2.36. The Kier molecular flexibility index (Phi) is 7.17. The first-order chi connectivity index (χ1) is 14.0. The van der Waals surface area contributed by atoms with E-state index in [1.807, 2.05) is 31.1 Å². The molecule has 154 valence electrons. The van der Waals surface area contributed by atoms with E-state index < -0.39 is 0 Å². The number of carbonyl (C=O) groups excluding carboxylic acids is 1. The summed E-state index contributed by atoms with van der Waals surface area (Å²) in [6, 6.07) is 11.7. The van der Waals surface area contributed by atoms with Crippen LogP contribution in [0.15, 0.2) is 42.5 Å². The molecule has 0 radical (unpaired) electrons. The largest absolute Gasteiger partial charge is 0.494 e. The number of hydrogen-bond donors (Lipinski definition) is 0. The van der Waals surface area contributed by atoms with Crippen LogP contribution in [0.1, 0.15) is 30.1 Å². The van der Waals surface area contributed by atoms with Gasteiger partial charge in [-0.3, -0.25) is 9.69 Å². The number of nitrogens with zero attached hydrogens (tertiary/aromatic N) is 3. The third-order valence-corrected chi connectivity index (χ3v) is 5.47. The quantitative estimate of drug-likeness (QED) is 0.470. The molecular formula is C22H26FN3O2S. The Morgan fingerprint density at radius 2 is 2.00 bits per heavy atom. The zero-order chi connectivity index (χ0) is 20.8. The molecule has 1 heterocycles. The number of ether oxygens (including phenoxy) is 1. The molecule has 0 spiro atoms. The molecule has 7 heteroatoms. The van der Waals surface area contributed by atoms with E-state index in [0.29, 0.717) is 41.7 Å². The van der Waals surface area contributed by atoms with Crippen LogP contribution in [0.4, 0.5) is 9.52 Å². The fraction of sp³-hybridized carbons (Fsp3) is 0.364. The van der Waals surface area contributed by atoms with Crippen LogP contribution in [-0.2, 0) is 0 Å². The van der Waals surface area contributed by atoms with Gasteiger partial charge in [0, 0.05) is 18.7 Å². The Labute approximate surface area is 174 Å². The van der Waals surface area contributed by atoms with Crippen LogP contribution in [0.5, 0.6) is 5.75 Å². The summed E-state index contributed by atoms with van der Waals surface area (Å²) in [5.41, 5.74) is 1.23. The number of unbranched alkanes of at least 4 members (excludes halogenated alkanes) is 1. The Morgan fingerprint density at radius 1 is 1.17 bits per heavy atom. The minimum Gasteiger partial charge on any atom is -0.494 e. The van der Waals surface area contributed by atoms with Gasteiger partial charge in [0.1, 0.15) is 11.6 Å². The molecule has 0 aliphatic heterocycles. The van der Waals surface area contributed by atoms with Crippen molar-refractivity contribution in [2.45, 2.75) is 19.8 Å². The van der Waals surface area contributed by atoms with Crippen molar-refractivity contribution < 1.29 is 13.9 Å². The summed E-state index contributed by atoms with van der Waals surface area (Å²) < 4.78 is 20.0. The zero-order valence-corrected chi connectivity index (χ0v) is 17.8. The lowest BCUT2D eigenvalue weighted by Gasteiger charge is -2.22. The van der Waals surface area contributed by atoms with Crippen molar-refractivity contribution >= 4 is 32.6 Å². The first kappa shape index (κ1) is 21.2. The van der Waals surface area contributed by atoms with E-state index in [-0.39, 0.29) is 11.7 Å². The van der Waals surface area contributed by atoms with Crippen molar-refractivity contribution in [1.82, 2.24) is 9.88 Å². The third kappa shape index (κ3) is 5.52. The molecule has 0 unspecified atom stereocenters. The van der Waals surface area contributed by atoms with Crippen molar-refractivity contribution in [2.75, 3.05) is 38.7 Å². The fourth-order valence-corrected chi connectivity index (χ4v) is 3.81. The third-order valence-electron chi connectivity index (χ3n) is 4.43. The van der Waals surface area contributed by atoms with Crippen molar-refractivity contribution in [3.8, 4) is 5.75 Å². The van der Waals surface area contributed by atoms with Gasteiger partial charge in [0.25, 0.3) is 5.91 Å². The average molecular weight is 416 g/mol. The molecule has 5 nitrogen and oxygen atoms in total. The molecule has 3 rings (SSSR count). The van der Waals surface area contributed by atoms with E-state index in [0.717, 1.165) is 17.5 Å². The number of amides is 1. The van der Waals surface area contributed by atoms with E-state index >= 15 is 0 Å². The highest BCUT2D eigenvalue weighted by atomic mass is 32.1. The number of anilines is 1. The van der Waals surface area contributed by atoms with Gasteiger partial charge in [-0.2, -0.15) is 0 Å². The van der Waals surface area contributed by atoms with Gasteiger partial charge in [0.15, 0.2) is 5.13 Å². The molecule has 0 N–H and O–H groups in total. The fourth-order valence-electron chi connectivity index (χ4n) is 2.79. The monoisotopic (exact) mass is 415 g/mol. The highest BCUT2D eigenvalue weighted by molar-refractivity contribution is 7.22. The normalized spacial score (nSPS) is 11.2. The van der Waals surface area contributed by atoms with E-state index in [2.05, 4.69) is 11.9 Å². The standard InChI is InChI=1S/C22H26FN3O2S/c1-4-5-13-28-18-8-6-7-16(14-18)21(27)26(12-11-25(2)3)22-24-19-10-9-17(23)15-20(19)29-22/h6-10,14-15H,4-5,11-13H2,1-3H3. The molecule has 0 fully saturated rings. The summed E-state index contributed by atoms with van der Waals surface area (Å²) >= 11 is 1.32. The van der Waals surface area contributed by atoms with Crippen LogP contribution in [0.2, 0.25) is 0 Å². The maximum absolute atomic E-state index is 13.6. The summed E-state index contributed by atoms with van der Waals surface area (Å²) in [6.07, 6.45) is 2.02. The molecule has 0 aliphatic rings. The van der Waals surface area contributed by atoms with Gasteiger partial charge in [-0.15, -0.1) is 0 Å². The highest BCUT2D eigenvalue weighted by Crippen LogP contribution is 2.30. The van der Waals surface area contributed by atoms with Crippen LogP contribution in [0, 0.1) is 5.82 Å². The van der Waals surface area contributed by atoms with E-state index in [9.17, 15) is 9.18 Å². The first-order valence-corrected chi connectivity index (χ1v) is 10.5. The minimum absolute atomic E-state index is 0.146. The second-order valence-corrected chi connectivity index (χ2v) is 8.11. The zero-order valence-electron chi connectivity index (χ0n) is 17.0. The van der Waals surface area contributed by atoms with Crippen molar-refractivity contribution in [3.05, 3.63) is 53.8 Å². The molecule has 29 heavy (non-hydrogen) atoms. The lowest BCUT2D eigenvalue weighted by molar-refractivity contribution is 0.0984. The number of thiazole rings is 1. The van der Waals surface area contributed by atoms with Gasteiger partial charge < -0.3 is 9.64 Å². The Hall–Kier alpha value is -2.51. The molecule has 1 amide bonds. The Morgan fingerprint density at radius 3 is 2.76 bits per heavy atom. The van der Waals surface area contributed by atoms with Gasteiger partial charge in [-0.05, 0) is 56.9 Å². The van der Waals surface area contributed by atoms with Crippen LogP contribution in [0.3, 0.4) is 0 Å². The molecule has 0 bridgehead atoms. The van der Waals surface area contributed by atoms with Gasteiger partial charge in [0.2, 0.25) is 0 Å². The second-order valence-electron chi connectivity index (χ2n) is 7.10. The molecule has 0 saturated heterocycles. The number of halogens is 1. The summed E-state index contributed by atoms with van der Waals surface area (Å²) in [7, 11) is 3.91. The smallest absolute Gasteiger partial charge is 0.260 e. The summed E-state index contributed by atoms with van der Waals surface area (Å²) in [5, 5.41) is 0.565. The molecule has 0 saturated carbocycles. The van der Waals surface area contributed by atoms with Crippen LogP contribution in [0.25, 0.3) is 10.2 Å². The van der Waals surface area contributed by atoms with Crippen LogP contribution < -0.4 is 9.64 Å². The molecule has 1 aromatic heterocycles. The molecular weight excluding hydrogens is 389 g/mol. The number of carbonyl (C=O) groups is 1. The van der Waals surface area contributed by atoms with E-state index in [4.69, 9.17) is 4.74 Å². The average Bonchev–Trinajstić information content (AvgIpc) is 3.11. The first-order valence-electron chi connectivity index (χ1n) is 9.73. The topological polar surface area (TPSA) is 45.7 Å². The van der Waals surface area contributed by atoms with Gasteiger partial charge in [-0.1, -0.05) is 30.7 Å². The number of hydrogen-bond acceptors (Lipinski definition) is 5. The van der Waals surface area contributed by atoms with E-state index in [1.54, 1.807) is 23.1 Å². The molecule has 0 atom stereocenters. The minimum atomic E-state index is -0.309. The highest BCUT2D eigenvalue weighted by Gasteiger charge is 2.22. The SMILES string of the molecule is CCCCOc1cccc(C(=O)N(CCN(C)C)c2nc3ccc(F)cc3s2)c1. The lowest BCUT2D eigenvalue weighted by atomic mass is 10.2. The predicted molar refractivity (Wildman–Crippen MR) is 117 cm³/mol. The number of benzene rings is 2. The van der Waals surface area contributed by atoms with Crippen molar-refractivity contribution in [2.24, 2.45) is 0 Å². The van der Waals surface area contributed by atoms with Crippen LogP contribution >= 0.6 is 11.3 Å². The predicted octanol–water partition coefficient (Wildman–Crippen LogP) is 4.82. The van der Waals surface area contributed by atoms with Crippen LogP contribution in [-0.4, -0.2) is 49.6 Å². The second kappa shape index (κ2) is 9.80.